The van der Waals surface area contributed by atoms with E-state index in [9.17, 15) is 0 Å². The van der Waals surface area contributed by atoms with Crippen molar-refractivity contribution in [3.63, 3.8) is 0 Å². The van der Waals surface area contributed by atoms with Gasteiger partial charge in [0.1, 0.15) is 12.4 Å². The molecule has 1 rings (SSSR count). The Balaban J connectivity index is 3.00. The van der Waals surface area contributed by atoms with Gasteiger partial charge in [0.25, 0.3) is 0 Å². The quantitative estimate of drug-likeness (QED) is 0.751. The molecule has 0 N–H and O–H groups in total. The fourth-order valence-electron chi connectivity index (χ4n) is 1.57. The van der Waals surface area contributed by atoms with E-state index in [2.05, 4.69) is 26.8 Å². The number of nitriles is 1. The summed E-state index contributed by atoms with van der Waals surface area (Å²) in [5.41, 5.74) is 1.72. The lowest BCUT2D eigenvalue weighted by molar-refractivity contribution is 0.145. The van der Waals surface area contributed by atoms with E-state index in [-0.39, 0.29) is 5.41 Å². The highest BCUT2D eigenvalue weighted by Gasteiger charge is 2.19. The molecule has 0 aliphatic carbocycles. The Morgan fingerprint density at radius 3 is 2.47 bits per heavy atom. The van der Waals surface area contributed by atoms with Gasteiger partial charge in [-0.05, 0) is 23.1 Å². The van der Waals surface area contributed by atoms with Crippen LogP contribution in [-0.2, 0) is 10.2 Å². The van der Waals surface area contributed by atoms with Gasteiger partial charge in [-0.3, -0.25) is 0 Å². The van der Waals surface area contributed by atoms with Crippen molar-refractivity contribution < 1.29 is 9.47 Å². The summed E-state index contributed by atoms with van der Waals surface area (Å²) in [6, 6.07) is 7.70. The SMILES string of the molecule is COCCOc1cc(C#N)ccc1C(C)(C)C. The topological polar surface area (TPSA) is 42.2 Å². The lowest BCUT2D eigenvalue weighted by Gasteiger charge is -2.22. The fourth-order valence-corrected chi connectivity index (χ4v) is 1.57. The van der Waals surface area contributed by atoms with Gasteiger partial charge in [0.15, 0.2) is 0 Å². The molecule has 0 heterocycles. The van der Waals surface area contributed by atoms with Crippen LogP contribution in [0.3, 0.4) is 0 Å². The molecule has 0 atom stereocenters. The maximum Gasteiger partial charge on any atom is 0.124 e. The van der Waals surface area contributed by atoms with Gasteiger partial charge in [-0.25, -0.2) is 0 Å². The van der Waals surface area contributed by atoms with Crippen LogP contribution in [0.25, 0.3) is 0 Å². The molecule has 92 valence electrons. The zero-order chi connectivity index (χ0) is 12.9. The van der Waals surface area contributed by atoms with Gasteiger partial charge in [0, 0.05) is 7.11 Å². The highest BCUT2D eigenvalue weighted by atomic mass is 16.5. The van der Waals surface area contributed by atoms with Crippen LogP contribution in [0.15, 0.2) is 18.2 Å². The summed E-state index contributed by atoms with van der Waals surface area (Å²) in [6.45, 7) is 7.40. The van der Waals surface area contributed by atoms with Crippen LogP contribution in [0.4, 0.5) is 0 Å². The first-order chi connectivity index (χ1) is 7.99. The van der Waals surface area contributed by atoms with Gasteiger partial charge in [-0.2, -0.15) is 5.26 Å². The highest BCUT2D eigenvalue weighted by molar-refractivity contribution is 5.45. The maximum absolute atomic E-state index is 8.90. The largest absolute Gasteiger partial charge is 0.491 e. The van der Waals surface area contributed by atoms with Gasteiger partial charge >= 0.3 is 0 Å². The van der Waals surface area contributed by atoms with Crippen LogP contribution in [0.1, 0.15) is 31.9 Å². The molecular weight excluding hydrogens is 214 g/mol. The summed E-state index contributed by atoms with van der Waals surface area (Å²) < 4.78 is 10.6. The molecule has 0 aromatic heterocycles. The maximum atomic E-state index is 8.90. The fraction of sp³-hybridized carbons (Fsp3) is 0.500. The van der Waals surface area contributed by atoms with Crippen LogP contribution in [0, 0.1) is 11.3 Å². The zero-order valence-corrected chi connectivity index (χ0v) is 10.9. The first kappa shape index (κ1) is 13.5. The number of hydrogen-bond donors (Lipinski definition) is 0. The van der Waals surface area contributed by atoms with Crippen molar-refractivity contribution in [1.29, 1.82) is 5.26 Å². The van der Waals surface area contributed by atoms with Gasteiger partial charge in [-0.1, -0.05) is 26.8 Å². The number of hydrogen-bond acceptors (Lipinski definition) is 3. The summed E-state index contributed by atoms with van der Waals surface area (Å²) in [6.07, 6.45) is 0. The highest BCUT2D eigenvalue weighted by Crippen LogP contribution is 2.31. The van der Waals surface area contributed by atoms with E-state index in [4.69, 9.17) is 14.7 Å². The van der Waals surface area contributed by atoms with Crippen LogP contribution in [-0.4, -0.2) is 20.3 Å². The molecule has 0 bridgehead atoms. The molecular formula is C14H19NO2. The molecule has 0 spiro atoms. The van der Waals surface area contributed by atoms with Crippen LogP contribution >= 0.6 is 0 Å². The van der Waals surface area contributed by atoms with Crippen LogP contribution in [0.2, 0.25) is 0 Å². The minimum atomic E-state index is -0.00358. The second-order valence-electron chi connectivity index (χ2n) is 4.91. The van der Waals surface area contributed by atoms with E-state index in [0.29, 0.717) is 18.8 Å². The van der Waals surface area contributed by atoms with Crippen molar-refractivity contribution in [3.8, 4) is 11.8 Å². The Labute approximate surface area is 103 Å². The average molecular weight is 233 g/mol. The summed E-state index contributed by atoms with van der Waals surface area (Å²) in [4.78, 5) is 0. The van der Waals surface area contributed by atoms with E-state index in [1.807, 2.05) is 12.1 Å². The minimum absolute atomic E-state index is 0.00358. The third-order valence-electron chi connectivity index (χ3n) is 2.46. The number of ether oxygens (including phenoxy) is 2. The predicted octanol–water partition coefficient (Wildman–Crippen LogP) is 2.88. The number of rotatable bonds is 4. The molecule has 0 aliphatic heterocycles. The monoisotopic (exact) mass is 233 g/mol. The lowest BCUT2D eigenvalue weighted by atomic mass is 9.86. The van der Waals surface area contributed by atoms with Crippen molar-refractivity contribution in [1.82, 2.24) is 0 Å². The molecule has 0 aliphatic rings. The normalized spacial score (nSPS) is 11.0. The van der Waals surface area contributed by atoms with E-state index in [0.717, 1.165) is 11.3 Å². The summed E-state index contributed by atoms with van der Waals surface area (Å²) in [7, 11) is 1.64. The third-order valence-corrected chi connectivity index (χ3v) is 2.46. The third kappa shape index (κ3) is 3.76. The number of methoxy groups -OCH3 is 1. The predicted molar refractivity (Wildman–Crippen MR) is 67.2 cm³/mol. The smallest absolute Gasteiger partial charge is 0.124 e. The van der Waals surface area contributed by atoms with Gasteiger partial charge in [0.05, 0.1) is 18.2 Å². The van der Waals surface area contributed by atoms with Crippen LogP contribution < -0.4 is 4.74 Å². The van der Waals surface area contributed by atoms with Gasteiger partial charge < -0.3 is 9.47 Å². The summed E-state index contributed by atoms with van der Waals surface area (Å²) in [5, 5.41) is 8.90. The van der Waals surface area contributed by atoms with Crippen molar-refractivity contribution in [3.05, 3.63) is 29.3 Å². The molecule has 0 amide bonds. The Hall–Kier alpha value is -1.53. The molecule has 1 aromatic carbocycles. The van der Waals surface area contributed by atoms with Gasteiger partial charge in [0.2, 0.25) is 0 Å². The number of benzene rings is 1. The molecule has 3 heteroatoms. The Morgan fingerprint density at radius 2 is 1.94 bits per heavy atom. The standard InChI is InChI=1S/C14H19NO2/c1-14(2,3)12-6-5-11(10-15)9-13(12)17-8-7-16-4/h5-6,9H,7-8H2,1-4H3. The Morgan fingerprint density at radius 1 is 1.24 bits per heavy atom. The molecule has 0 unspecified atom stereocenters. The van der Waals surface area contributed by atoms with E-state index >= 15 is 0 Å². The average Bonchev–Trinajstić information content (AvgIpc) is 2.28. The molecule has 17 heavy (non-hydrogen) atoms. The van der Waals surface area contributed by atoms with Gasteiger partial charge in [-0.15, -0.1) is 0 Å². The summed E-state index contributed by atoms with van der Waals surface area (Å²) in [5.74, 6) is 0.772. The Kier molecular flexibility index (Phi) is 4.53. The van der Waals surface area contributed by atoms with E-state index < -0.39 is 0 Å². The van der Waals surface area contributed by atoms with Crippen LogP contribution in [0.5, 0.6) is 5.75 Å². The lowest BCUT2D eigenvalue weighted by Crippen LogP contribution is -2.15. The first-order valence-corrected chi connectivity index (χ1v) is 5.65. The molecule has 1 aromatic rings. The second-order valence-corrected chi connectivity index (χ2v) is 4.91. The second kappa shape index (κ2) is 5.70. The first-order valence-electron chi connectivity index (χ1n) is 5.65. The van der Waals surface area contributed by atoms with Crippen molar-refractivity contribution in [2.75, 3.05) is 20.3 Å². The van der Waals surface area contributed by atoms with Crippen molar-refractivity contribution >= 4 is 0 Å². The van der Waals surface area contributed by atoms with E-state index in [1.165, 1.54) is 0 Å². The van der Waals surface area contributed by atoms with Crippen molar-refractivity contribution in [2.45, 2.75) is 26.2 Å². The molecule has 0 fully saturated rings. The molecule has 3 nitrogen and oxygen atoms in total. The summed E-state index contributed by atoms with van der Waals surface area (Å²) >= 11 is 0. The minimum Gasteiger partial charge on any atom is -0.491 e. The van der Waals surface area contributed by atoms with Crippen molar-refractivity contribution in [2.24, 2.45) is 0 Å². The molecule has 0 radical (unpaired) electrons. The Bertz CT molecular complexity index is 413. The zero-order valence-electron chi connectivity index (χ0n) is 10.9. The molecule has 0 saturated carbocycles. The number of nitrogens with zero attached hydrogens (tertiary/aromatic N) is 1. The van der Waals surface area contributed by atoms with E-state index in [1.54, 1.807) is 13.2 Å². The molecule has 0 saturated heterocycles.